The Bertz CT molecular complexity index is 422. The molecule has 0 radical (unpaired) electrons. The van der Waals surface area contributed by atoms with Gasteiger partial charge in [-0.1, -0.05) is 0 Å². The second-order valence-electron chi connectivity index (χ2n) is 5.22. The molecule has 0 aromatic rings. The maximum atomic E-state index is 12.3. The maximum Gasteiger partial charge on any atom is 0.324 e. The van der Waals surface area contributed by atoms with Gasteiger partial charge in [0.25, 0.3) is 10.2 Å². The molecule has 19 heavy (non-hydrogen) atoms. The second-order valence-corrected chi connectivity index (χ2v) is 6.84. The number of hydrogen-bond donors (Lipinski definition) is 2. The van der Waals surface area contributed by atoms with Crippen LogP contribution in [0.5, 0.6) is 0 Å². The Hall–Kier alpha value is -0.700. The van der Waals surface area contributed by atoms with E-state index in [9.17, 15) is 13.2 Å². The number of hydrogen-bond acceptors (Lipinski definition) is 5. The van der Waals surface area contributed by atoms with Gasteiger partial charge in [0.05, 0.1) is 6.61 Å². The highest BCUT2D eigenvalue weighted by molar-refractivity contribution is 7.87. The Labute approximate surface area is 114 Å². The van der Waals surface area contributed by atoms with Gasteiger partial charge >= 0.3 is 5.97 Å². The first-order valence-electron chi connectivity index (χ1n) is 6.41. The minimum atomic E-state index is -3.74. The highest BCUT2D eigenvalue weighted by atomic mass is 32.2. The van der Waals surface area contributed by atoms with E-state index in [0.717, 1.165) is 0 Å². The molecular weight excluding hydrogens is 270 g/mol. The summed E-state index contributed by atoms with van der Waals surface area (Å²) >= 11 is 0. The van der Waals surface area contributed by atoms with Gasteiger partial charge in [0, 0.05) is 18.6 Å². The molecule has 1 unspecified atom stereocenters. The van der Waals surface area contributed by atoms with Gasteiger partial charge in [-0.3, -0.25) is 4.79 Å². The van der Waals surface area contributed by atoms with Gasteiger partial charge in [-0.25, -0.2) is 0 Å². The zero-order valence-corrected chi connectivity index (χ0v) is 12.5. The van der Waals surface area contributed by atoms with Crippen LogP contribution in [0.3, 0.4) is 0 Å². The fraction of sp³-hybridized carbons (Fsp3) is 0.909. The predicted octanol–water partition coefficient (Wildman–Crippen LogP) is -0.414. The summed E-state index contributed by atoms with van der Waals surface area (Å²) < 4.78 is 33.2. The third kappa shape index (κ3) is 4.13. The van der Waals surface area contributed by atoms with E-state index in [1.807, 2.05) is 0 Å². The Kier molecular flexibility index (Phi) is 5.31. The molecule has 1 heterocycles. The lowest BCUT2D eigenvalue weighted by Gasteiger charge is -2.29. The van der Waals surface area contributed by atoms with Crippen LogP contribution in [-0.4, -0.2) is 50.0 Å². The molecule has 0 aromatic heterocycles. The molecule has 0 aromatic carbocycles. The van der Waals surface area contributed by atoms with Crippen LogP contribution >= 0.6 is 0 Å². The van der Waals surface area contributed by atoms with Gasteiger partial charge in [-0.05, 0) is 33.6 Å². The van der Waals surface area contributed by atoms with Crippen molar-refractivity contribution in [1.29, 1.82) is 0 Å². The first-order chi connectivity index (χ1) is 8.73. The van der Waals surface area contributed by atoms with E-state index < -0.39 is 27.8 Å². The van der Waals surface area contributed by atoms with Crippen LogP contribution in [-0.2, 0) is 19.7 Å². The molecule has 1 rings (SSSR count). The second kappa shape index (κ2) is 6.17. The number of nitrogens with one attached hydrogen (secondary N) is 1. The van der Waals surface area contributed by atoms with Crippen molar-refractivity contribution in [3.05, 3.63) is 0 Å². The van der Waals surface area contributed by atoms with Gasteiger partial charge in [-0.15, -0.1) is 0 Å². The molecule has 1 aliphatic rings. The molecule has 8 heteroatoms. The number of esters is 1. The van der Waals surface area contributed by atoms with Gasteiger partial charge in [0.1, 0.15) is 6.04 Å². The molecular formula is C11H23N3O4S. The monoisotopic (exact) mass is 293 g/mol. The number of nitrogens with two attached hydrogens (primary N) is 1. The van der Waals surface area contributed by atoms with Gasteiger partial charge in [-0.2, -0.15) is 17.4 Å². The summed E-state index contributed by atoms with van der Waals surface area (Å²) in [6, 6.07) is -0.731. The fourth-order valence-electron chi connectivity index (χ4n) is 1.95. The molecule has 0 saturated carbocycles. The lowest BCUT2D eigenvalue weighted by Crippen LogP contribution is -2.55. The molecule has 3 N–H and O–H groups in total. The minimum Gasteiger partial charge on any atom is -0.465 e. The number of rotatable bonds is 6. The average molecular weight is 293 g/mol. The summed E-state index contributed by atoms with van der Waals surface area (Å²) in [5.74, 6) is -0.490. The lowest BCUT2D eigenvalue weighted by atomic mass is 10.1. The van der Waals surface area contributed by atoms with E-state index in [4.69, 9.17) is 10.5 Å². The van der Waals surface area contributed by atoms with Crippen LogP contribution in [0.1, 0.15) is 33.6 Å². The van der Waals surface area contributed by atoms with Crippen molar-refractivity contribution in [1.82, 2.24) is 9.03 Å². The predicted molar refractivity (Wildman–Crippen MR) is 71.5 cm³/mol. The first kappa shape index (κ1) is 16.4. The number of carbonyl (C=O) groups is 1. The smallest absolute Gasteiger partial charge is 0.324 e. The van der Waals surface area contributed by atoms with Crippen LogP contribution in [0.15, 0.2) is 0 Å². The third-order valence-corrected chi connectivity index (χ3v) is 4.85. The SMILES string of the molecule is CCOC(=O)C1CCCN1S(=O)(=O)NC(C)(C)CN. The summed E-state index contributed by atoms with van der Waals surface area (Å²) in [6.45, 7) is 5.82. The van der Waals surface area contributed by atoms with Crippen LogP contribution in [0.4, 0.5) is 0 Å². The number of ether oxygens (including phenoxy) is 1. The highest BCUT2D eigenvalue weighted by Crippen LogP contribution is 2.22. The van der Waals surface area contributed by atoms with Crippen LogP contribution in [0.25, 0.3) is 0 Å². The van der Waals surface area contributed by atoms with Crippen molar-refractivity contribution in [3.63, 3.8) is 0 Å². The Morgan fingerprint density at radius 1 is 1.53 bits per heavy atom. The van der Waals surface area contributed by atoms with E-state index in [0.29, 0.717) is 19.4 Å². The van der Waals surface area contributed by atoms with Gasteiger partial charge < -0.3 is 10.5 Å². The fourth-order valence-corrected chi connectivity index (χ4v) is 3.75. The molecule has 0 amide bonds. The number of nitrogens with zero attached hydrogens (tertiary/aromatic N) is 1. The summed E-state index contributed by atoms with van der Waals surface area (Å²) in [5, 5.41) is 0. The normalized spacial score (nSPS) is 21.6. The largest absolute Gasteiger partial charge is 0.465 e. The van der Waals surface area contributed by atoms with Crippen molar-refractivity contribution in [2.75, 3.05) is 19.7 Å². The molecule has 0 spiro atoms. The van der Waals surface area contributed by atoms with E-state index in [1.165, 1.54) is 4.31 Å². The van der Waals surface area contributed by atoms with E-state index in [-0.39, 0.29) is 13.2 Å². The average Bonchev–Trinajstić information content (AvgIpc) is 2.77. The number of carbonyl (C=O) groups excluding carboxylic acids is 1. The van der Waals surface area contributed by atoms with Crippen molar-refractivity contribution >= 4 is 16.2 Å². The molecule has 0 aliphatic carbocycles. The lowest BCUT2D eigenvalue weighted by molar-refractivity contribution is -0.146. The quantitative estimate of drug-likeness (QED) is 0.648. The molecule has 112 valence electrons. The van der Waals surface area contributed by atoms with E-state index in [1.54, 1.807) is 20.8 Å². The van der Waals surface area contributed by atoms with Crippen molar-refractivity contribution in [3.8, 4) is 0 Å². The van der Waals surface area contributed by atoms with Gasteiger partial charge in [0.2, 0.25) is 0 Å². The summed E-state index contributed by atoms with van der Waals surface area (Å²) in [4.78, 5) is 11.8. The molecule has 7 nitrogen and oxygen atoms in total. The maximum absolute atomic E-state index is 12.3. The highest BCUT2D eigenvalue weighted by Gasteiger charge is 2.41. The minimum absolute atomic E-state index is 0.171. The molecule has 1 fully saturated rings. The first-order valence-corrected chi connectivity index (χ1v) is 7.85. The topological polar surface area (TPSA) is 102 Å². The zero-order valence-electron chi connectivity index (χ0n) is 11.7. The standard InChI is InChI=1S/C11H23N3O4S/c1-4-18-10(15)9-6-5-7-14(9)19(16,17)13-11(2,3)8-12/h9,13H,4-8,12H2,1-3H3. The van der Waals surface area contributed by atoms with Crippen molar-refractivity contribution < 1.29 is 17.9 Å². The van der Waals surface area contributed by atoms with E-state index >= 15 is 0 Å². The molecule has 1 saturated heterocycles. The van der Waals surface area contributed by atoms with Crippen LogP contribution < -0.4 is 10.5 Å². The Balaban J connectivity index is 2.85. The van der Waals surface area contributed by atoms with Crippen molar-refractivity contribution in [2.45, 2.75) is 45.2 Å². The Morgan fingerprint density at radius 3 is 2.68 bits per heavy atom. The van der Waals surface area contributed by atoms with E-state index in [2.05, 4.69) is 4.72 Å². The summed E-state index contributed by atoms with van der Waals surface area (Å²) in [5.41, 5.74) is 4.77. The van der Waals surface area contributed by atoms with Crippen LogP contribution in [0.2, 0.25) is 0 Å². The zero-order chi connectivity index (χ0) is 14.7. The van der Waals surface area contributed by atoms with Crippen molar-refractivity contribution in [2.24, 2.45) is 5.73 Å². The molecule has 0 bridgehead atoms. The van der Waals surface area contributed by atoms with Crippen LogP contribution in [0, 0.1) is 0 Å². The third-order valence-electron chi connectivity index (χ3n) is 2.99. The molecule has 1 atom stereocenters. The molecule has 1 aliphatic heterocycles. The summed E-state index contributed by atoms with van der Waals surface area (Å²) in [7, 11) is -3.74. The van der Waals surface area contributed by atoms with Gasteiger partial charge in [0.15, 0.2) is 0 Å². The summed E-state index contributed by atoms with van der Waals surface area (Å²) in [6.07, 6.45) is 1.14. The Morgan fingerprint density at radius 2 is 2.16 bits per heavy atom.